The van der Waals surface area contributed by atoms with Crippen LogP contribution in [0.5, 0.6) is 0 Å². The largest absolute Gasteiger partial charge is 1.00 e. The van der Waals surface area contributed by atoms with Crippen LogP contribution in [0, 0.1) is 0 Å². The Morgan fingerprint density at radius 2 is 1.03 bits per heavy atom. The first-order chi connectivity index (χ1) is 17.4. The zero-order valence-corrected chi connectivity index (χ0v) is 30.1. The van der Waals surface area contributed by atoms with Crippen molar-refractivity contribution >= 4 is 12.2 Å². The minimum absolute atomic E-state index is 0. The van der Waals surface area contributed by atoms with Gasteiger partial charge in [-0.1, -0.05) is 0 Å². The Morgan fingerprint density at radius 3 is 1.31 bits per heavy atom. The molecule has 5 rings (SSSR count). The average molecular weight is 645 g/mol. The molecule has 212 valence electrons. The molecule has 0 radical (unpaired) electrons. The molecule has 3 unspecified atom stereocenters. The molecule has 1 fully saturated rings. The molecule has 3 heteroatoms. The minimum atomic E-state index is -2.74. The molecule has 1 heterocycles. The van der Waals surface area contributed by atoms with E-state index in [0.29, 0.717) is 23.7 Å². The number of benzene rings is 2. The van der Waals surface area contributed by atoms with Crippen molar-refractivity contribution in [1.82, 2.24) is 0 Å². The van der Waals surface area contributed by atoms with Gasteiger partial charge in [-0.3, -0.25) is 0 Å². The first kappa shape index (κ1) is 32.9. The van der Waals surface area contributed by atoms with Crippen molar-refractivity contribution in [3.8, 4) is 0 Å². The number of rotatable bonds is 7. The summed E-state index contributed by atoms with van der Waals surface area (Å²) >= 11 is -2.74. The third-order valence-electron chi connectivity index (χ3n) is 10.2. The molecule has 3 aliphatic rings. The van der Waals surface area contributed by atoms with Crippen molar-refractivity contribution in [3.05, 3.63) is 79.9 Å². The number of allylic oxidation sites excluding steroid dienone is 2. The van der Waals surface area contributed by atoms with Gasteiger partial charge in [0.1, 0.15) is 0 Å². The van der Waals surface area contributed by atoms with Crippen molar-refractivity contribution in [2.75, 3.05) is 0 Å². The van der Waals surface area contributed by atoms with E-state index >= 15 is 0 Å². The van der Waals surface area contributed by atoms with Crippen molar-refractivity contribution < 1.29 is 45.1 Å². The predicted molar refractivity (Wildman–Crippen MR) is 161 cm³/mol. The number of hydrogen-bond acceptors (Lipinski definition) is 0. The Morgan fingerprint density at radius 1 is 0.641 bits per heavy atom. The van der Waals surface area contributed by atoms with E-state index in [2.05, 4.69) is 113 Å². The van der Waals surface area contributed by atoms with Crippen molar-refractivity contribution in [1.29, 1.82) is 0 Å². The monoisotopic (exact) mass is 642 g/mol. The van der Waals surface area contributed by atoms with Crippen molar-refractivity contribution in [2.24, 2.45) is 0 Å². The second-order valence-electron chi connectivity index (χ2n) is 13.9. The van der Waals surface area contributed by atoms with E-state index in [9.17, 15) is 0 Å². The zero-order valence-electron chi connectivity index (χ0n) is 26.2. The summed E-state index contributed by atoms with van der Waals surface area (Å²) in [6.07, 6.45) is 6.63. The van der Waals surface area contributed by atoms with Gasteiger partial charge in [0.2, 0.25) is 0 Å². The van der Waals surface area contributed by atoms with Crippen LogP contribution >= 0.6 is 0 Å². The molecule has 2 aliphatic carbocycles. The van der Waals surface area contributed by atoms with Gasteiger partial charge >= 0.3 is 234 Å². The SMILES string of the molecule is CC[CH]1[CH2][Zr+2]1([CH]1C(C)=Cc2c(C(C)C)cc(C(C)C)cc21)[CH]1C(C)=Cc2c(C(C)C)cc(C(C)C)cc21.[Cl-].[Cl-]. The Kier molecular flexibility index (Phi) is 10.1. The fourth-order valence-electron chi connectivity index (χ4n) is 8.18. The molecule has 0 aromatic heterocycles. The molecule has 3 atom stereocenters. The molecule has 39 heavy (non-hydrogen) atoms. The van der Waals surface area contributed by atoms with Gasteiger partial charge in [-0.2, -0.15) is 0 Å². The molecule has 0 spiro atoms. The molecule has 0 bridgehead atoms. The summed E-state index contributed by atoms with van der Waals surface area (Å²) in [5.41, 5.74) is 16.3. The molecule has 0 nitrogen and oxygen atoms in total. The van der Waals surface area contributed by atoms with Crippen LogP contribution in [0.3, 0.4) is 0 Å². The van der Waals surface area contributed by atoms with Crippen LogP contribution in [0.4, 0.5) is 0 Å². The third kappa shape index (κ3) is 5.25. The Bertz CT molecular complexity index is 1200. The van der Waals surface area contributed by atoms with E-state index < -0.39 is 20.3 Å². The molecule has 0 N–H and O–H groups in total. The molecular weight excluding hydrogens is 595 g/mol. The van der Waals surface area contributed by atoms with E-state index in [0.717, 1.165) is 10.9 Å². The maximum atomic E-state index is 2.66. The van der Waals surface area contributed by atoms with Crippen LogP contribution in [0.25, 0.3) is 12.2 Å². The van der Waals surface area contributed by atoms with Crippen LogP contribution in [0.2, 0.25) is 7.75 Å². The first-order valence-electron chi connectivity index (χ1n) is 15.1. The second kappa shape index (κ2) is 11.9. The summed E-state index contributed by atoms with van der Waals surface area (Å²) in [4.78, 5) is 0. The predicted octanol–water partition coefficient (Wildman–Crippen LogP) is 5.59. The van der Waals surface area contributed by atoms with Crippen molar-refractivity contribution in [3.63, 3.8) is 0 Å². The summed E-state index contributed by atoms with van der Waals surface area (Å²) < 4.78 is 4.01. The van der Waals surface area contributed by atoms with E-state index in [-0.39, 0.29) is 24.8 Å². The van der Waals surface area contributed by atoms with Crippen LogP contribution in [0.1, 0.15) is 158 Å². The van der Waals surface area contributed by atoms with Crippen LogP contribution in [0.15, 0.2) is 35.4 Å². The standard InChI is InChI=1S/2C16H21.C4H8.2ClH.Zr/c2*1-10(2)13-8-14-6-12(5)7-16(14)15(9-13)11(3)4;1-3-4-2;;;/h2*6-11H,1-5H3;3H,1,4H2,2H3;2*1H;/q;;;;;+2/p-2. The summed E-state index contributed by atoms with van der Waals surface area (Å²) in [5.74, 6) is 2.29. The molecule has 0 amide bonds. The summed E-state index contributed by atoms with van der Waals surface area (Å²) in [5, 5.41) is 0. The van der Waals surface area contributed by atoms with Crippen LogP contribution < -0.4 is 24.8 Å². The minimum Gasteiger partial charge on any atom is -1.00 e. The Balaban J connectivity index is 0.00000210. The molecule has 1 saturated heterocycles. The molecular formula is C36H50Cl2Zr. The van der Waals surface area contributed by atoms with Gasteiger partial charge < -0.3 is 24.8 Å². The van der Waals surface area contributed by atoms with E-state index in [1.807, 2.05) is 0 Å². The molecule has 2 aromatic rings. The third-order valence-corrected chi connectivity index (χ3v) is 26.1. The van der Waals surface area contributed by atoms with Gasteiger partial charge in [0, 0.05) is 0 Å². The maximum Gasteiger partial charge on any atom is -1.00 e. The smallest absolute Gasteiger partial charge is 1.00 e. The quantitative estimate of drug-likeness (QED) is 0.369. The van der Waals surface area contributed by atoms with Crippen molar-refractivity contribution in [2.45, 2.75) is 121 Å². The van der Waals surface area contributed by atoms with E-state index in [1.54, 1.807) is 59.8 Å². The topological polar surface area (TPSA) is 0 Å². The summed E-state index contributed by atoms with van der Waals surface area (Å²) in [6, 6.07) is 10.4. The van der Waals surface area contributed by atoms with Crippen LogP contribution in [-0.4, -0.2) is 0 Å². The summed E-state index contributed by atoms with van der Waals surface area (Å²) in [7, 11) is 0. The molecule has 0 saturated carbocycles. The summed E-state index contributed by atoms with van der Waals surface area (Å²) in [6.45, 7) is 26.5. The maximum absolute atomic E-state index is 2.74. The van der Waals surface area contributed by atoms with Gasteiger partial charge in [-0.15, -0.1) is 0 Å². The Hall–Kier alpha value is -0.617. The van der Waals surface area contributed by atoms with Gasteiger partial charge in [0.15, 0.2) is 0 Å². The van der Waals surface area contributed by atoms with Crippen LogP contribution in [-0.2, 0) is 20.3 Å². The first-order valence-corrected chi connectivity index (χ1v) is 21.1. The zero-order chi connectivity index (χ0) is 27.0. The number of halogens is 2. The van der Waals surface area contributed by atoms with Gasteiger partial charge in [-0.05, 0) is 0 Å². The Labute approximate surface area is 256 Å². The number of hydrogen-bond donors (Lipinski definition) is 0. The average Bonchev–Trinajstić information content (AvgIpc) is 3.28. The normalized spacial score (nSPS) is 23.3. The fraction of sp³-hybridized carbons (Fsp3) is 0.556. The van der Waals surface area contributed by atoms with Gasteiger partial charge in [0.05, 0.1) is 0 Å². The number of fused-ring (bicyclic) bond motifs is 2. The van der Waals surface area contributed by atoms with Gasteiger partial charge in [-0.25, -0.2) is 0 Å². The van der Waals surface area contributed by atoms with E-state index in [4.69, 9.17) is 0 Å². The fourth-order valence-corrected chi connectivity index (χ4v) is 28.9. The van der Waals surface area contributed by atoms with Gasteiger partial charge in [0.25, 0.3) is 0 Å². The molecule has 2 aromatic carbocycles. The van der Waals surface area contributed by atoms with E-state index in [1.165, 1.54) is 6.42 Å². The molecule has 1 aliphatic heterocycles. The second-order valence-corrected chi connectivity index (χ2v) is 25.2.